The minimum atomic E-state index is 0. The van der Waals surface area contributed by atoms with Crippen LogP contribution in [0.4, 0.5) is 0 Å². The fourth-order valence-corrected chi connectivity index (χ4v) is 4.82. The molecule has 0 aromatic rings. The van der Waals surface area contributed by atoms with E-state index in [1.807, 2.05) is 14.1 Å². The summed E-state index contributed by atoms with van der Waals surface area (Å²) in [4.78, 5) is 20.5. The Labute approximate surface area is 187 Å². The molecular formula is C20H38IN5O2. The van der Waals surface area contributed by atoms with Gasteiger partial charge in [-0.3, -0.25) is 14.7 Å². The van der Waals surface area contributed by atoms with Gasteiger partial charge in [0.1, 0.15) is 0 Å². The smallest absolute Gasteiger partial charge is 0.236 e. The van der Waals surface area contributed by atoms with Gasteiger partial charge in [0.15, 0.2) is 5.96 Å². The SMILES string of the molecule is CCN=C(NC1CCN(CC(=O)N(C)C)CC1)NC1C2CCOC2C1(C)C.I. The Morgan fingerprint density at radius 2 is 1.89 bits per heavy atom. The lowest BCUT2D eigenvalue weighted by atomic mass is 9.57. The number of carbonyl (C=O) groups is 1. The van der Waals surface area contributed by atoms with E-state index in [-0.39, 0.29) is 35.3 Å². The van der Waals surface area contributed by atoms with Gasteiger partial charge >= 0.3 is 0 Å². The molecule has 7 nitrogen and oxygen atoms in total. The molecule has 28 heavy (non-hydrogen) atoms. The van der Waals surface area contributed by atoms with Crippen LogP contribution >= 0.6 is 24.0 Å². The van der Waals surface area contributed by atoms with Crippen LogP contribution in [0, 0.1) is 11.3 Å². The minimum Gasteiger partial charge on any atom is -0.377 e. The normalized spacial score (nSPS) is 30.0. The third-order valence-corrected chi connectivity index (χ3v) is 6.50. The van der Waals surface area contributed by atoms with Gasteiger partial charge in [-0.1, -0.05) is 13.8 Å². The van der Waals surface area contributed by atoms with Crippen molar-refractivity contribution in [3.05, 3.63) is 0 Å². The Balaban J connectivity index is 0.00000280. The first-order valence-electron chi connectivity index (χ1n) is 10.4. The van der Waals surface area contributed by atoms with Crippen molar-refractivity contribution in [3.8, 4) is 0 Å². The van der Waals surface area contributed by atoms with E-state index in [1.54, 1.807) is 4.90 Å². The molecule has 162 valence electrons. The molecule has 8 heteroatoms. The number of piperidine rings is 1. The van der Waals surface area contributed by atoms with E-state index < -0.39 is 0 Å². The number of guanidine groups is 1. The maximum atomic E-state index is 11.9. The van der Waals surface area contributed by atoms with Gasteiger partial charge in [-0.2, -0.15) is 0 Å². The van der Waals surface area contributed by atoms with Crippen LogP contribution < -0.4 is 10.6 Å². The number of hydrogen-bond donors (Lipinski definition) is 2. The predicted molar refractivity (Wildman–Crippen MR) is 123 cm³/mol. The summed E-state index contributed by atoms with van der Waals surface area (Å²) in [6.07, 6.45) is 3.60. The molecule has 2 N–H and O–H groups in total. The van der Waals surface area contributed by atoms with Crippen molar-refractivity contribution in [2.75, 3.05) is 46.9 Å². The van der Waals surface area contributed by atoms with Crippen LogP contribution in [0.25, 0.3) is 0 Å². The number of fused-ring (bicyclic) bond motifs is 1. The largest absolute Gasteiger partial charge is 0.377 e. The maximum Gasteiger partial charge on any atom is 0.236 e. The third kappa shape index (κ3) is 5.11. The second-order valence-electron chi connectivity index (χ2n) is 8.99. The van der Waals surface area contributed by atoms with Crippen LogP contribution in [0.1, 0.15) is 40.0 Å². The predicted octanol–water partition coefficient (Wildman–Crippen LogP) is 1.53. The molecule has 2 aliphatic heterocycles. The quantitative estimate of drug-likeness (QED) is 0.336. The summed E-state index contributed by atoms with van der Waals surface area (Å²) in [5.41, 5.74) is 0.146. The van der Waals surface area contributed by atoms with Crippen LogP contribution in [0.5, 0.6) is 0 Å². The Kier molecular flexibility index (Phi) is 8.39. The van der Waals surface area contributed by atoms with E-state index in [2.05, 4.69) is 41.3 Å². The van der Waals surface area contributed by atoms with E-state index in [1.165, 1.54) is 0 Å². The van der Waals surface area contributed by atoms with Crippen molar-refractivity contribution in [2.45, 2.75) is 58.2 Å². The molecule has 0 spiro atoms. The van der Waals surface area contributed by atoms with E-state index in [9.17, 15) is 4.79 Å². The molecule has 0 aromatic carbocycles. The molecule has 1 aliphatic carbocycles. The summed E-state index contributed by atoms with van der Waals surface area (Å²) in [5.74, 6) is 1.71. The van der Waals surface area contributed by atoms with E-state index >= 15 is 0 Å². The molecule has 3 aliphatic rings. The second kappa shape index (κ2) is 9.93. The Morgan fingerprint density at radius 1 is 1.21 bits per heavy atom. The standard InChI is InChI=1S/C20H37N5O2.HI/c1-6-21-19(23-17-15-9-12-27-18(15)20(17,2)3)22-14-7-10-25(11-8-14)13-16(26)24(4)5;/h14-15,17-18H,6-13H2,1-5H3,(H2,21,22,23);1H. The molecule has 3 rings (SSSR count). The third-order valence-electron chi connectivity index (χ3n) is 6.50. The average molecular weight is 507 g/mol. The van der Waals surface area contributed by atoms with Crippen LogP contribution in [0.2, 0.25) is 0 Å². The molecule has 2 saturated heterocycles. The van der Waals surface area contributed by atoms with Gasteiger partial charge in [0.2, 0.25) is 5.91 Å². The highest BCUT2D eigenvalue weighted by atomic mass is 127. The molecule has 2 heterocycles. The first-order valence-corrected chi connectivity index (χ1v) is 10.4. The van der Waals surface area contributed by atoms with Crippen molar-refractivity contribution in [3.63, 3.8) is 0 Å². The molecule has 3 fully saturated rings. The second-order valence-corrected chi connectivity index (χ2v) is 8.99. The van der Waals surface area contributed by atoms with Crippen molar-refractivity contribution >= 4 is 35.8 Å². The Hall–Kier alpha value is -0.610. The highest BCUT2D eigenvalue weighted by Crippen LogP contribution is 2.52. The number of likely N-dealkylation sites (tertiary alicyclic amines) is 1. The van der Waals surface area contributed by atoms with Gasteiger partial charge in [-0.15, -0.1) is 24.0 Å². The van der Waals surface area contributed by atoms with Crippen molar-refractivity contribution in [1.82, 2.24) is 20.4 Å². The van der Waals surface area contributed by atoms with Crippen LogP contribution in [0.15, 0.2) is 4.99 Å². The minimum absolute atomic E-state index is 0. The molecule has 1 amide bonds. The fourth-order valence-electron chi connectivity index (χ4n) is 4.82. The number of halogens is 1. The zero-order valence-corrected chi connectivity index (χ0v) is 20.4. The molecule has 3 atom stereocenters. The van der Waals surface area contributed by atoms with Gasteiger partial charge in [-0.25, -0.2) is 0 Å². The monoisotopic (exact) mass is 507 g/mol. The van der Waals surface area contributed by atoms with Gasteiger partial charge in [0.25, 0.3) is 0 Å². The van der Waals surface area contributed by atoms with Gasteiger partial charge in [-0.05, 0) is 26.2 Å². The number of amides is 1. The molecular weight excluding hydrogens is 469 g/mol. The molecule has 0 aromatic heterocycles. The maximum absolute atomic E-state index is 11.9. The number of nitrogens with one attached hydrogen (secondary N) is 2. The lowest BCUT2D eigenvalue weighted by Gasteiger charge is -2.55. The summed E-state index contributed by atoms with van der Waals surface area (Å²) in [6, 6.07) is 0.827. The molecule has 0 bridgehead atoms. The fraction of sp³-hybridized carbons (Fsp3) is 0.900. The number of carbonyl (C=O) groups excluding carboxylic acids is 1. The topological polar surface area (TPSA) is 69.2 Å². The lowest BCUT2D eigenvalue weighted by molar-refractivity contribution is -0.130. The first kappa shape index (κ1) is 23.7. The number of hydrogen-bond acceptors (Lipinski definition) is 4. The van der Waals surface area contributed by atoms with E-state index in [0.29, 0.717) is 30.7 Å². The van der Waals surface area contributed by atoms with Crippen molar-refractivity contribution in [1.29, 1.82) is 0 Å². The number of likely N-dealkylation sites (N-methyl/N-ethyl adjacent to an activating group) is 1. The van der Waals surface area contributed by atoms with Crippen LogP contribution in [-0.4, -0.2) is 86.7 Å². The highest BCUT2D eigenvalue weighted by molar-refractivity contribution is 14.0. The van der Waals surface area contributed by atoms with Gasteiger partial charge < -0.3 is 20.3 Å². The Bertz CT molecular complexity index is 561. The average Bonchev–Trinajstić information content (AvgIpc) is 3.08. The zero-order chi connectivity index (χ0) is 19.6. The van der Waals surface area contributed by atoms with Gasteiger partial charge in [0, 0.05) is 63.8 Å². The summed E-state index contributed by atoms with van der Waals surface area (Å²) in [6.45, 7) is 10.7. The van der Waals surface area contributed by atoms with E-state index in [4.69, 9.17) is 4.74 Å². The lowest BCUT2D eigenvalue weighted by Crippen LogP contribution is -2.68. The molecule has 1 saturated carbocycles. The van der Waals surface area contributed by atoms with Gasteiger partial charge in [0.05, 0.1) is 12.6 Å². The Morgan fingerprint density at radius 3 is 2.50 bits per heavy atom. The van der Waals surface area contributed by atoms with Crippen LogP contribution in [-0.2, 0) is 9.53 Å². The number of ether oxygens (including phenoxy) is 1. The number of aliphatic imine (C=N–C) groups is 1. The highest BCUT2D eigenvalue weighted by Gasteiger charge is 2.59. The van der Waals surface area contributed by atoms with Crippen LogP contribution in [0.3, 0.4) is 0 Å². The first-order chi connectivity index (χ1) is 12.8. The number of nitrogens with zero attached hydrogens (tertiary/aromatic N) is 3. The summed E-state index contributed by atoms with van der Waals surface area (Å²) in [7, 11) is 3.63. The molecule has 3 unspecified atom stereocenters. The summed E-state index contributed by atoms with van der Waals surface area (Å²) >= 11 is 0. The summed E-state index contributed by atoms with van der Waals surface area (Å²) < 4.78 is 5.91. The summed E-state index contributed by atoms with van der Waals surface area (Å²) in [5, 5.41) is 7.35. The zero-order valence-electron chi connectivity index (χ0n) is 18.0. The van der Waals surface area contributed by atoms with Crippen molar-refractivity contribution in [2.24, 2.45) is 16.3 Å². The molecule has 0 radical (unpaired) electrons. The number of rotatable bonds is 5. The van der Waals surface area contributed by atoms with Crippen molar-refractivity contribution < 1.29 is 9.53 Å². The van der Waals surface area contributed by atoms with E-state index in [0.717, 1.165) is 51.5 Å².